The molecule has 6 nitrogen and oxygen atoms in total. The third-order valence-electron chi connectivity index (χ3n) is 5.19. The standard InChI is InChI=1S/C23H32N4O2S/c1-6-26(5)21(28)18-9-7-17(8-10-18)16-30-22-24-19(23(2,3)4)15-20(25-22)27-11-13-29-14-12-27/h7-10,15H,6,11-14,16H2,1-5H3. The summed E-state index contributed by atoms with van der Waals surface area (Å²) in [4.78, 5) is 25.9. The van der Waals surface area contributed by atoms with Crippen LogP contribution in [0.3, 0.4) is 0 Å². The second kappa shape index (κ2) is 9.79. The fourth-order valence-electron chi connectivity index (χ4n) is 3.07. The maximum atomic E-state index is 12.3. The van der Waals surface area contributed by atoms with Crippen LogP contribution in [0.2, 0.25) is 0 Å². The molecule has 1 aliphatic heterocycles. The van der Waals surface area contributed by atoms with Crippen LogP contribution in [0.5, 0.6) is 0 Å². The normalized spacial score (nSPS) is 14.6. The number of amides is 1. The Balaban J connectivity index is 1.74. The maximum Gasteiger partial charge on any atom is 0.253 e. The molecule has 3 rings (SSSR count). The van der Waals surface area contributed by atoms with Gasteiger partial charge in [0.25, 0.3) is 5.91 Å². The molecule has 1 saturated heterocycles. The predicted molar refractivity (Wildman–Crippen MR) is 122 cm³/mol. The summed E-state index contributed by atoms with van der Waals surface area (Å²) in [5.41, 5.74) is 2.86. The topological polar surface area (TPSA) is 58.6 Å². The number of anilines is 1. The van der Waals surface area contributed by atoms with E-state index in [0.717, 1.165) is 54.3 Å². The van der Waals surface area contributed by atoms with Crippen molar-refractivity contribution in [3.05, 3.63) is 47.2 Å². The lowest BCUT2D eigenvalue weighted by Crippen LogP contribution is -2.37. The van der Waals surface area contributed by atoms with Gasteiger partial charge < -0.3 is 14.5 Å². The number of hydrogen-bond acceptors (Lipinski definition) is 6. The van der Waals surface area contributed by atoms with Crippen LogP contribution in [-0.4, -0.2) is 60.7 Å². The van der Waals surface area contributed by atoms with Crippen molar-refractivity contribution in [2.75, 3.05) is 44.8 Å². The van der Waals surface area contributed by atoms with Gasteiger partial charge in [0.1, 0.15) is 5.82 Å². The van der Waals surface area contributed by atoms with Gasteiger partial charge in [-0.2, -0.15) is 0 Å². The first-order chi connectivity index (χ1) is 14.3. The van der Waals surface area contributed by atoms with Crippen molar-refractivity contribution in [2.45, 2.75) is 44.0 Å². The molecule has 0 unspecified atom stereocenters. The van der Waals surface area contributed by atoms with E-state index in [0.29, 0.717) is 12.1 Å². The minimum atomic E-state index is -0.0490. The molecule has 7 heteroatoms. The number of carbonyl (C=O) groups excluding carboxylic acids is 1. The van der Waals surface area contributed by atoms with Crippen LogP contribution in [0.4, 0.5) is 5.82 Å². The highest BCUT2D eigenvalue weighted by Crippen LogP contribution is 2.28. The summed E-state index contributed by atoms with van der Waals surface area (Å²) in [6.07, 6.45) is 0. The molecular weight excluding hydrogens is 396 g/mol. The van der Waals surface area contributed by atoms with Crippen molar-refractivity contribution in [1.82, 2.24) is 14.9 Å². The molecule has 0 spiro atoms. The fraction of sp³-hybridized carbons (Fsp3) is 0.522. The smallest absolute Gasteiger partial charge is 0.253 e. The molecule has 1 aromatic carbocycles. The third kappa shape index (κ3) is 5.73. The van der Waals surface area contributed by atoms with Crippen molar-refractivity contribution in [1.29, 1.82) is 0 Å². The van der Waals surface area contributed by atoms with Gasteiger partial charge in [0.2, 0.25) is 0 Å². The van der Waals surface area contributed by atoms with E-state index >= 15 is 0 Å². The number of thioether (sulfide) groups is 1. The highest BCUT2D eigenvalue weighted by molar-refractivity contribution is 7.98. The number of carbonyl (C=O) groups is 1. The van der Waals surface area contributed by atoms with E-state index in [4.69, 9.17) is 14.7 Å². The van der Waals surface area contributed by atoms with Gasteiger partial charge >= 0.3 is 0 Å². The van der Waals surface area contributed by atoms with Crippen LogP contribution in [0, 0.1) is 0 Å². The predicted octanol–water partition coefficient (Wildman–Crippen LogP) is 3.99. The minimum Gasteiger partial charge on any atom is -0.378 e. The van der Waals surface area contributed by atoms with Gasteiger partial charge in [0.15, 0.2) is 5.16 Å². The fourth-order valence-corrected chi connectivity index (χ4v) is 3.88. The SMILES string of the molecule is CCN(C)C(=O)c1ccc(CSc2nc(N3CCOCC3)cc(C(C)(C)C)n2)cc1. The summed E-state index contributed by atoms with van der Waals surface area (Å²) in [7, 11) is 1.82. The van der Waals surface area contributed by atoms with Crippen LogP contribution in [0.25, 0.3) is 0 Å². The van der Waals surface area contributed by atoms with Crippen molar-refractivity contribution >= 4 is 23.5 Å². The number of ether oxygens (including phenoxy) is 1. The summed E-state index contributed by atoms with van der Waals surface area (Å²) < 4.78 is 5.49. The zero-order chi connectivity index (χ0) is 21.7. The van der Waals surface area contributed by atoms with Crippen molar-refractivity contribution in [2.24, 2.45) is 0 Å². The highest BCUT2D eigenvalue weighted by atomic mass is 32.2. The average Bonchev–Trinajstić information content (AvgIpc) is 2.76. The van der Waals surface area contributed by atoms with E-state index in [2.05, 4.69) is 31.7 Å². The second-order valence-electron chi connectivity index (χ2n) is 8.55. The van der Waals surface area contributed by atoms with Crippen molar-refractivity contribution in [3.63, 3.8) is 0 Å². The van der Waals surface area contributed by atoms with E-state index in [1.165, 1.54) is 0 Å². The Morgan fingerprint density at radius 3 is 2.43 bits per heavy atom. The van der Waals surface area contributed by atoms with Gasteiger partial charge in [0.05, 0.1) is 18.9 Å². The second-order valence-corrected chi connectivity index (χ2v) is 9.49. The summed E-state index contributed by atoms with van der Waals surface area (Å²) in [6, 6.07) is 9.94. The van der Waals surface area contributed by atoms with E-state index in [9.17, 15) is 4.79 Å². The van der Waals surface area contributed by atoms with Gasteiger partial charge in [-0.3, -0.25) is 4.79 Å². The summed E-state index contributed by atoms with van der Waals surface area (Å²) in [6.45, 7) is 12.4. The Morgan fingerprint density at radius 2 is 1.83 bits per heavy atom. The largest absolute Gasteiger partial charge is 0.378 e. The zero-order valence-electron chi connectivity index (χ0n) is 18.6. The number of nitrogens with zero attached hydrogens (tertiary/aromatic N) is 4. The number of aromatic nitrogens is 2. The summed E-state index contributed by atoms with van der Waals surface area (Å²) in [5.74, 6) is 1.78. The van der Waals surface area contributed by atoms with Crippen molar-refractivity contribution < 1.29 is 9.53 Å². The molecule has 1 aromatic heterocycles. The Kier molecular flexibility index (Phi) is 7.36. The number of hydrogen-bond donors (Lipinski definition) is 0. The van der Waals surface area contributed by atoms with Crippen LogP contribution in [0.15, 0.2) is 35.5 Å². The summed E-state index contributed by atoms with van der Waals surface area (Å²) >= 11 is 1.63. The van der Waals surface area contributed by atoms with Crippen LogP contribution < -0.4 is 4.90 Å². The van der Waals surface area contributed by atoms with Gasteiger partial charge in [-0.15, -0.1) is 0 Å². The Morgan fingerprint density at radius 1 is 1.17 bits per heavy atom. The van der Waals surface area contributed by atoms with Gasteiger partial charge in [-0.05, 0) is 24.6 Å². The Hall–Kier alpha value is -2.12. The van der Waals surface area contributed by atoms with E-state index in [1.807, 2.05) is 38.2 Å². The lowest BCUT2D eigenvalue weighted by molar-refractivity contribution is 0.0802. The third-order valence-corrected chi connectivity index (χ3v) is 6.10. The van der Waals surface area contributed by atoms with Crippen LogP contribution in [0.1, 0.15) is 49.3 Å². The highest BCUT2D eigenvalue weighted by Gasteiger charge is 2.21. The molecule has 0 N–H and O–H groups in total. The molecule has 1 amide bonds. The zero-order valence-corrected chi connectivity index (χ0v) is 19.5. The first-order valence-corrected chi connectivity index (χ1v) is 11.5. The number of benzene rings is 1. The summed E-state index contributed by atoms with van der Waals surface area (Å²) in [5, 5.41) is 0.787. The lowest BCUT2D eigenvalue weighted by Gasteiger charge is -2.29. The minimum absolute atomic E-state index is 0.0490. The molecule has 0 bridgehead atoms. The monoisotopic (exact) mass is 428 g/mol. The lowest BCUT2D eigenvalue weighted by atomic mass is 9.92. The van der Waals surface area contributed by atoms with Gasteiger partial charge in [-0.25, -0.2) is 9.97 Å². The molecule has 2 aromatic rings. The van der Waals surface area contributed by atoms with E-state index in [-0.39, 0.29) is 11.3 Å². The van der Waals surface area contributed by atoms with E-state index < -0.39 is 0 Å². The molecule has 1 fully saturated rings. The molecule has 30 heavy (non-hydrogen) atoms. The van der Waals surface area contributed by atoms with Gasteiger partial charge in [0, 0.05) is 49.5 Å². The molecular formula is C23H32N4O2S. The molecule has 1 aliphatic rings. The van der Waals surface area contributed by atoms with Crippen LogP contribution in [-0.2, 0) is 15.9 Å². The molecule has 0 aliphatic carbocycles. The molecule has 0 radical (unpaired) electrons. The molecule has 0 atom stereocenters. The van der Waals surface area contributed by atoms with Gasteiger partial charge in [-0.1, -0.05) is 44.7 Å². The average molecular weight is 429 g/mol. The Bertz CT molecular complexity index is 858. The number of rotatable bonds is 6. The molecule has 162 valence electrons. The first-order valence-electron chi connectivity index (χ1n) is 10.5. The Labute approximate surface area is 184 Å². The van der Waals surface area contributed by atoms with E-state index in [1.54, 1.807) is 16.7 Å². The number of morpholine rings is 1. The molecule has 2 heterocycles. The first kappa shape index (κ1) is 22.6. The molecule has 0 saturated carbocycles. The van der Waals surface area contributed by atoms with Crippen LogP contribution >= 0.6 is 11.8 Å². The van der Waals surface area contributed by atoms with Crippen molar-refractivity contribution in [3.8, 4) is 0 Å². The maximum absolute atomic E-state index is 12.3. The quantitative estimate of drug-likeness (QED) is 0.512.